The fourth-order valence-corrected chi connectivity index (χ4v) is 1.49. The van der Waals surface area contributed by atoms with Crippen molar-refractivity contribution >= 4 is 17.4 Å². The zero-order valence-electron chi connectivity index (χ0n) is 8.47. The second kappa shape index (κ2) is 3.73. The van der Waals surface area contributed by atoms with Crippen LogP contribution in [0.4, 0.5) is 5.82 Å². The molecule has 1 N–H and O–H groups in total. The standard InChI is InChI=1S/C10H14ClN3/c1-6-7(2)14-10(9(11)13-6)12-5-8-3-4-8/h8H,3-5H2,1-2H3,(H,12,14). The molecule has 0 amide bonds. The number of anilines is 1. The fraction of sp³-hybridized carbons (Fsp3) is 0.600. The first-order valence-electron chi connectivity index (χ1n) is 4.91. The summed E-state index contributed by atoms with van der Waals surface area (Å²) in [5.41, 5.74) is 1.83. The first kappa shape index (κ1) is 9.71. The molecule has 3 nitrogen and oxygen atoms in total. The minimum Gasteiger partial charge on any atom is -0.367 e. The van der Waals surface area contributed by atoms with Crippen molar-refractivity contribution in [2.24, 2.45) is 5.92 Å². The molecule has 0 aromatic carbocycles. The average Bonchev–Trinajstić information content (AvgIpc) is 2.92. The molecule has 76 valence electrons. The van der Waals surface area contributed by atoms with Gasteiger partial charge >= 0.3 is 0 Å². The number of hydrogen-bond acceptors (Lipinski definition) is 3. The number of nitrogens with zero attached hydrogens (tertiary/aromatic N) is 2. The quantitative estimate of drug-likeness (QED) is 0.835. The molecule has 0 saturated heterocycles. The van der Waals surface area contributed by atoms with Crippen LogP contribution >= 0.6 is 11.6 Å². The van der Waals surface area contributed by atoms with Crippen LogP contribution in [0, 0.1) is 19.8 Å². The highest BCUT2D eigenvalue weighted by Gasteiger charge is 2.21. The Labute approximate surface area is 88.9 Å². The van der Waals surface area contributed by atoms with Crippen LogP contribution in [0.5, 0.6) is 0 Å². The molecule has 2 rings (SSSR count). The summed E-state index contributed by atoms with van der Waals surface area (Å²) in [5, 5.41) is 3.72. The Balaban J connectivity index is 2.10. The van der Waals surface area contributed by atoms with Gasteiger partial charge in [-0.25, -0.2) is 9.97 Å². The smallest absolute Gasteiger partial charge is 0.171 e. The van der Waals surface area contributed by atoms with E-state index >= 15 is 0 Å². The largest absolute Gasteiger partial charge is 0.367 e. The highest BCUT2D eigenvalue weighted by Crippen LogP contribution is 2.29. The summed E-state index contributed by atoms with van der Waals surface area (Å²) < 4.78 is 0. The van der Waals surface area contributed by atoms with Gasteiger partial charge < -0.3 is 5.32 Å². The van der Waals surface area contributed by atoms with Crippen LogP contribution in [0.15, 0.2) is 0 Å². The van der Waals surface area contributed by atoms with Crippen molar-refractivity contribution in [2.75, 3.05) is 11.9 Å². The van der Waals surface area contributed by atoms with E-state index in [1.807, 2.05) is 13.8 Å². The molecular weight excluding hydrogens is 198 g/mol. The molecule has 4 heteroatoms. The molecule has 0 unspecified atom stereocenters. The van der Waals surface area contributed by atoms with Crippen molar-refractivity contribution in [3.05, 3.63) is 16.5 Å². The molecule has 1 aliphatic rings. The molecule has 1 heterocycles. The predicted molar refractivity (Wildman–Crippen MR) is 57.7 cm³/mol. The number of rotatable bonds is 3. The second-order valence-corrected chi connectivity index (χ2v) is 4.22. The van der Waals surface area contributed by atoms with E-state index in [4.69, 9.17) is 11.6 Å². The molecule has 0 radical (unpaired) electrons. The van der Waals surface area contributed by atoms with Gasteiger partial charge in [0.05, 0.1) is 11.4 Å². The Kier molecular flexibility index (Phi) is 2.59. The number of nitrogens with one attached hydrogen (secondary N) is 1. The lowest BCUT2D eigenvalue weighted by molar-refractivity contribution is 0.876. The van der Waals surface area contributed by atoms with E-state index in [9.17, 15) is 0 Å². The Morgan fingerprint density at radius 2 is 1.93 bits per heavy atom. The summed E-state index contributed by atoms with van der Waals surface area (Å²) >= 11 is 5.97. The summed E-state index contributed by atoms with van der Waals surface area (Å²) in [6, 6.07) is 0. The molecule has 1 saturated carbocycles. The summed E-state index contributed by atoms with van der Waals surface area (Å²) in [6.07, 6.45) is 2.64. The van der Waals surface area contributed by atoms with Crippen LogP contribution in [0.1, 0.15) is 24.2 Å². The van der Waals surface area contributed by atoms with Crippen molar-refractivity contribution in [3.8, 4) is 0 Å². The lowest BCUT2D eigenvalue weighted by Crippen LogP contribution is -2.07. The van der Waals surface area contributed by atoms with Crippen LogP contribution in [-0.2, 0) is 0 Å². The van der Waals surface area contributed by atoms with Crippen molar-refractivity contribution in [1.29, 1.82) is 0 Å². The van der Waals surface area contributed by atoms with E-state index in [0.29, 0.717) is 5.15 Å². The first-order chi connectivity index (χ1) is 6.66. The van der Waals surface area contributed by atoms with Crippen LogP contribution < -0.4 is 5.32 Å². The molecule has 0 atom stereocenters. The summed E-state index contributed by atoms with van der Waals surface area (Å²) in [6.45, 7) is 4.83. The van der Waals surface area contributed by atoms with E-state index in [2.05, 4.69) is 15.3 Å². The van der Waals surface area contributed by atoms with Crippen molar-refractivity contribution in [1.82, 2.24) is 9.97 Å². The highest BCUT2D eigenvalue weighted by atomic mass is 35.5. The van der Waals surface area contributed by atoms with Crippen LogP contribution in [0.25, 0.3) is 0 Å². The molecular formula is C10H14ClN3. The van der Waals surface area contributed by atoms with E-state index in [1.165, 1.54) is 12.8 Å². The van der Waals surface area contributed by atoms with Gasteiger partial charge in [0, 0.05) is 6.54 Å². The zero-order valence-corrected chi connectivity index (χ0v) is 9.23. The summed E-state index contributed by atoms with van der Waals surface area (Å²) in [7, 11) is 0. The van der Waals surface area contributed by atoms with Gasteiger partial charge in [0.2, 0.25) is 0 Å². The van der Waals surface area contributed by atoms with E-state index in [-0.39, 0.29) is 0 Å². The zero-order chi connectivity index (χ0) is 10.1. The van der Waals surface area contributed by atoms with Gasteiger partial charge in [-0.3, -0.25) is 0 Å². The number of aryl methyl sites for hydroxylation is 2. The minimum absolute atomic E-state index is 0.480. The third-order valence-electron chi connectivity index (χ3n) is 2.52. The molecule has 14 heavy (non-hydrogen) atoms. The lowest BCUT2D eigenvalue weighted by Gasteiger charge is -2.08. The lowest BCUT2D eigenvalue weighted by atomic mass is 10.3. The SMILES string of the molecule is Cc1nc(Cl)c(NCC2CC2)nc1C. The fourth-order valence-electron chi connectivity index (χ4n) is 1.25. The summed E-state index contributed by atoms with van der Waals surface area (Å²) in [4.78, 5) is 8.58. The third kappa shape index (κ3) is 2.15. The first-order valence-corrected chi connectivity index (χ1v) is 5.29. The molecule has 1 fully saturated rings. The summed E-state index contributed by atoms with van der Waals surface area (Å²) in [5.74, 6) is 1.54. The van der Waals surface area contributed by atoms with E-state index in [0.717, 1.165) is 29.7 Å². The Bertz CT molecular complexity index is 347. The molecule has 1 aliphatic carbocycles. The third-order valence-corrected chi connectivity index (χ3v) is 2.78. The highest BCUT2D eigenvalue weighted by molar-refractivity contribution is 6.31. The van der Waals surface area contributed by atoms with Crippen molar-refractivity contribution < 1.29 is 0 Å². The minimum atomic E-state index is 0.480. The van der Waals surface area contributed by atoms with Crippen molar-refractivity contribution in [3.63, 3.8) is 0 Å². The van der Waals surface area contributed by atoms with Crippen LogP contribution in [-0.4, -0.2) is 16.5 Å². The monoisotopic (exact) mass is 211 g/mol. The molecule has 0 aliphatic heterocycles. The van der Waals surface area contributed by atoms with Gasteiger partial charge in [-0.15, -0.1) is 0 Å². The van der Waals surface area contributed by atoms with E-state index < -0.39 is 0 Å². The van der Waals surface area contributed by atoms with Gasteiger partial charge in [-0.2, -0.15) is 0 Å². The van der Waals surface area contributed by atoms with E-state index in [1.54, 1.807) is 0 Å². The average molecular weight is 212 g/mol. The Morgan fingerprint density at radius 1 is 1.29 bits per heavy atom. The van der Waals surface area contributed by atoms with Gasteiger partial charge in [-0.1, -0.05) is 11.6 Å². The van der Waals surface area contributed by atoms with Crippen LogP contribution in [0.2, 0.25) is 5.15 Å². The maximum atomic E-state index is 5.97. The van der Waals surface area contributed by atoms with Gasteiger partial charge in [0.15, 0.2) is 11.0 Å². The maximum Gasteiger partial charge on any atom is 0.171 e. The molecule has 0 spiro atoms. The number of halogens is 1. The van der Waals surface area contributed by atoms with Gasteiger partial charge in [0.1, 0.15) is 0 Å². The van der Waals surface area contributed by atoms with Crippen molar-refractivity contribution in [2.45, 2.75) is 26.7 Å². The number of hydrogen-bond donors (Lipinski definition) is 1. The molecule has 1 aromatic heterocycles. The maximum absolute atomic E-state index is 5.97. The predicted octanol–water partition coefficient (Wildman–Crippen LogP) is 2.57. The molecule has 0 bridgehead atoms. The Morgan fingerprint density at radius 3 is 2.57 bits per heavy atom. The molecule has 1 aromatic rings. The van der Waals surface area contributed by atoms with Crippen LogP contribution in [0.3, 0.4) is 0 Å². The number of aromatic nitrogens is 2. The van der Waals surface area contributed by atoms with Gasteiger partial charge in [-0.05, 0) is 32.6 Å². The van der Waals surface area contributed by atoms with Gasteiger partial charge in [0.25, 0.3) is 0 Å². The topological polar surface area (TPSA) is 37.8 Å². The second-order valence-electron chi connectivity index (χ2n) is 3.86. The normalized spacial score (nSPS) is 15.6. The Hall–Kier alpha value is -0.830.